The fourth-order valence-corrected chi connectivity index (χ4v) is 4.17. The van der Waals surface area contributed by atoms with E-state index in [1.54, 1.807) is 19.1 Å². The Hall–Kier alpha value is -4.37. The third kappa shape index (κ3) is 5.01. The van der Waals surface area contributed by atoms with Gasteiger partial charge in [0, 0.05) is 22.7 Å². The third-order valence-corrected chi connectivity index (χ3v) is 5.86. The summed E-state index contributed by atoms with van der Waals surface area (Å²) >= 11 is 0. The number of ether oxygens (including phenoxy) is 2. The molecule has 36 heavy (non-hydrogen) atoms. The number of benzene rings is 3. The fraction of sp³-hybridized carbons (Fsp3) is 0.200. The van der Waals surface area contributed by atoms with E-state index in [0.717, 1.165) is 16.8 Å². The maximum absolute atomic E-state index is 14.1. The van der Waals surface area contributed by atoms with E-state index < -0.39 is 11.8 Å². The molecule has 182 valence electrons. The van der Waals surface area contributed by atoms with Gasteiger partial charge in [0.05, 0.1) is 18.2 Å². The summed E-state index contributed by atoms with van der Waals surface area (Å²) in [6, 6.07) is 20.1. The number of fused-ring (bicyclic) bond motifs is 1. The first kappa shape index (κ1) is 24.7. The summed E-state index contributed by atoms with van der Waals surface area (Å²) in [7, 11) is 1.21. The van der Waals surface area contributed by atoms with Crippen molar-refractivity contribution < 1.29 is 23.5 Å². The van der Waals surface area contributed by atoms with Crippen LogP contribution in [0.5, 0.6) is 5.75 Å². The van der Waals surface area contributed by atoms with Gasteiger partial charge in [-0.2, -0.15) is 0 Å². The highest BCUT2D eigenvalue weighted by molar-refractivity contribution is 6.19. The summed E-state index contributed by atoms with van der Waals surface area (Å²) in [6.07, 6.45) is 0. The Morgan fingerprint density at radius 2 is 1.75 bits per heavy atom. The molecule has 0 N–H and O–H groups in total. The molecule has 0 spiro atoms. The molecule has 0 aliphatic heterocycles. The zero-order valence-corrected chi connectivity index (χ0v) is 20.6. The zero-order valence-electron chi connectivity index (χ0n) is 20.6. The van der Waals surface area contributed by atoms with Crippen molar-refractivity contribution in [3.05, 3.63) is 94.9 Å². The number of nitrogens with zero attached hydrogens (tertiary/aromatic N) is 1. The molecule has 0 bridgehead atoms. The van der Waals surface area contributed by atoms with Gasteiger partial charge in [0.25, 0.3) is 0 Å². The van der Waals surface area contributed by atoms with Crippen LogP contribution in [0.3, 0.4) is 0 Å². The van der Waals surface area contributed by atoms with Crippen LogP contribution < -0.4 is 4.74 Å². The van der Waals surface area contributed by atoms with Gasteiger partial charge in [0.15, 0.2) is 0 Å². The predicted octanol–water partition coefficient (Wildman–Crippen LogP) is 6.14. The van der Waals surface area contributed by atoms with Gasteiger partial charge in [-0.05, 0) is 66.3 Å². The van der Waals surface area contributed by atoms with E-state index in [4.69, 9.17) is 4.74 Å². The highest BCUT2D eigenvalue weighted by atomic mass is 19.1. The number of aromatic nitrogens is 1. The number of esters is 1. The molecule has 3 aromatic carbocycles. The SMILES string of the molecule is COC(=O)C#CC(=O)c1c(C(C)C)n(-c2ccc(F)c(C)c2)c2ccc(OCc3ccccc3)cc12. The molecule has 0 fully saturated rings. The molecule has 0 atom stereocenters. The Bertz CT molecular complexity index is 1510. The average Bonchev–Trinajstić information content (AvgIpc) is 3.23. The summed E-state index contributed by atoms with van der Waals surface area (Å²) in [6.45, 7) is 6.01. The first-order chi connectivity index (χ1) is 17.3. The van der Waals surface area contributed by atoms with Crippen molar-refractivity contribution in [3.63, 3.8) is 0 Å². The summed E-state index contributed by atoms with van der Waals surface area (Å²) in [5, 5.41) is 0.635. The van der Waals surface area contributed by atoms with Crippen LogP contribution in [0.15, 0.2) is 66.7 Å². The highest BCUT2D eigenvalue weighted by Crippen LogP contribution is 2.36. The van der Waals surface area contributed by atoms with Crippen molar-refractivity contribution in [2.75, 3.05) is 7.11 Å². The maximum Gasteiger partial charge on any atom is 0.384 e. The van der Waals surface area contributed by atoms with Crippen molar-refractivity contribution in [1.82, 2.24) is 4.57 Å². The van der Waals surface area contributed by atoms with Crippen LogP contribution in [0.25, 0.3) is 16.6 Å². The summed E-state index contributed by atoms with van der Waals surface area (Å²) in [4.78, 5) is 25.0. The van der Waals surface area contributed by atoms with Crippen LogP contribution in [-0.4, -0.2) is 23.4 Å². The van der Waals surface area contributed by atoms with Crippen LogP contribution in [0.1, 0.15) is 46.9 Å². The van der Waals surface area contributed by atoms with Gasteiger partial charge in [0.2, 0.25) is 5.78 Å². The van der Waals surface area contributed by atoms with E-state index in [2.05, 4.69) is 16.6 Å². The second kappa shape index (κ2) is 10.5. The lowest BCUT2D eigenvalue weighted by Crippen LogP contribution is -2.08. The molecule has 1 aromatic heterocycles. The topological polar surface area (TPSA) is 57.5 Å². The van der Waals surface area contributed by atoms with Gasteiger partial charge in [-0.25, -0.2) is 9.18 Å². The van der Waals surface area contributed by atoms with E-state index in [0.29, 0.717) is 34.6 Å². The lowest BCUT2D eigenvalue weighted by Gasteiger charge is -2.15. The number of rotatable bonds is 6. The van der Waals surface area contributed by atoms with Crippen molar-refractivity contribution in [2.24, 2.45) is 0 Å². The normalized spacial score (nSPS) is 10.7. The largest absolute Gasteiger partial charge is 0.489 e. The van der Waals surface area contributed by atoms with E-state index in [-0.39, 0.29) is 11.7 Å². The lowest BCUT2D eigenvalue weighted by molar-refractivity contribution is -0.133. The van der Waals surface area contributed by atoms with Gasteiger partial charge in [-0.15, -0.1) is 0 Å². The van der Waals surface area contributed by atoms with Gasteiger partial charge < -0.3 is 14.0 Å². The number of hydrogen-bond acceptors (Lipinski definition) is 4. The van der Waals surface area contributed by atoms with Crippen molar-refractivity contribution in [2.45, 2.75) is 33.3 Å². The minimum absolute atomic E-state index is 0.0877. The number of carbonyl (C=O) groups is 2. The van der Waals surface area contributed by atoms with Gasteiger partial charge in [-0.3, -0.25) is 4.79 Å². The van der Waals surface area contributed by atoms with Gasteiger partial charge in [0.1, 0.15) is 18.2 Å². The molecule has 0 aliphatic carbocycles. The van der Waals surface area contributed by atoms with Gasteiger partial charge >= 0.3 is 5.97 Å². The minimum Gasteiger partial charge on any atom is -0.489 e. The first-order valence-corrected chi connectivity index (χ1v) is 11.6. The number of halogens is 1. The summed E-state index contributed by atoms with van der Waals surface area (Å²) < 4.78 is 26.6. The standard InChI is InChI=1S/C30H26FNO4/c1-19(2)30-29(27(33)14-15-28(34)35-4)24-17-23(36-18-21-8-6-5-7-9-21)11-13-26(24)32(30)22-10-12-25(31)20(3)16-22/h5-13,16-17,19H,18H2,1-4H3. The number of Topliss-reactive ketones (excluding diaryl/α,β-unsaturated/α-hetero) is 1. The van der Waals surface area contributed by atoms with Crippen molar-refractivity contribution in [1.29, 1.82) is 0 Å². The van der Waals surface area contributed by atoms with Gasteiger partial charge in [-0.1, -0.05) is 44.2 Å². The maximum atomic E-state index is 14.1. The molecule has 0 saturated heterocycles. The molecule has 5 nitrogen and oxygen atoms in total. The number of ketones is 1. The lowest BCUT2D eigenvalue weighted by atomic mass is 9.99. The smallest absolute Gasteiger partial charge is 0.384 e. The first-order valence-electron chi connectivity index (χ1n) is 11.6. The predicted molar refractivity (Wildman–Crippen MR) is 137 cm³/mol. The second-order valence-corrected chi connectivity index (χ2v) is 8.71. The van der Waals surface area contributed by atoms with Crippen LogP contribution in [0.2, 0.25) is 0 Å². The molecule has 0 saturated carbocycles. The van der Waals surface area contributed by atoms with E-state index in [1.807, 2.05) is 66.9 Å². The molecule has 0 radical (unpaired) electrons. The van der Waals surface area contributed by atoms with Crippen LogP contribution in [0.4, 0.5) is 4.39 Å². The monoisotopic (exact) mass is 483 g/mol. The Morgan fingerprint density at radius 1 is 1.00 bits per heavy atom. The Labute approximate surface area is 209 Å². The van der Waals surface area contributed by atoms with Crippen molar-refractivity contribution in [3.8, 4) is 23.3 Å². The van der Waals surface area contributed by atoms with Crippen LogP contribution in [-0.2, 0) is 16.1 Å². The Kier molecular flexibility index (Phi) is 7.21. The molecule has 0 aliphatic rings. The molecule has 4 rings (SSSR count). The number of aryl methyl sites for hydroxylation is 1. The van der Waals surface area contributed by atoms with E-state index >= 15 is 0 Å². The quantitative estimate of drug-likeness (QED) is 0.109. The average molecular weight is 484 g/mol. The second-order valence-electron chi connectivity index (χ2n) is 8.71. The zero-order chi connectivity index (χ0) is 25.8. The van der Waals surface area contributed by atoms with E-state index in [9.17, 15) is 14.0 Å². The molecular formula is C30H26FNO4. The molecule has 1 heterocycles. The van der Waals surface area contributed by atoms with Crippen LogP contribution >= 0.6 is 0 Å². The highest BCUT2D eigenvalue weighted by Gasteiger charge is 2.25. The minimum atomic E-state index is -0.792. The molecular weight excluding hydrogens is 457 g/mol. The number of methoxy groups -OCH3 is 1. The Balaban J connectivity index is 1.92. The third-order valence-electron chi connectivity index (χ3n) is 5.86. The summed E-state index contributed by atoms with van der Waals surface area (Å²) in [5.41, 5.74) is 4.06. The number of hydrogen-bond donors (Lipinski definition) is 0. The number of carbonyl (C=O) groups excluding carboxylic acids is 2. The molecule has 4 aromatic rings. The summed E-state index contributed by atoms with van der Waals surface area (Å²) in [5.74, 6) is 3.55. The van der Waals surface area contributed by atoms with Crippen LogP contribution in [0, 0.1) is 24.6 Å². The molecule has 0 unspecified atom stereocenters. The van der Waals surface area contributed by atoms with E-state index in [1.165, 1.54) is 13.2 Å². The Morgan fingerprint density at radius 3 is 2.42 bits per heavy atom. The molecule has 6 heteroatoms. The molecule has 0 amide bonds. The fourth-order valence-electron chi connectivity index (χ4n) is 4.17. The van der Waals surface area contributed by atoms with Crippen molar-refractivity contribution >= 4 is 22.7 Å².